The van der Waals surface area contributed by atoms with Gasteiger partial charge in [-0.2, -0.15) is 5.06 Å². The highest BCUT2D eigenvalue weighted by atomic mass is 19.1. The lowest BCUT2D eigenvalue weighted by atomic mass is 10.2. The van der Waals surface area contributed by atoms with E-state index in [0.717, 1.165) is 17.2 Å². The Balaban J connectivity index is 2.50. The Kier molecular flexibility index (Phi) is 2.42. The first-order valence-corrected chi connectivity index (χ1v) is 4.34. The van der Waals surface area contributed by atoms with Gasteiger partial charge < -0.3 is 9.62 Å². The standard InChI is InChI=1S/C10H9F2NO2/c1-13(14)5-7-4-8-9(12)2-6(11)3-10(8)15-7/h2-4,14H,5H2,1H3. The van der Waals surface area contributed by atoms with Gasteiger partial charge in [0.05, 0.1) is 11.9 Å². The minimum atomic E-state index is -0.682. The minimum Gasteiger partial charge on any atom is -0.459 e. The molecule has 0 aliphatic carbocycles. The van der Waals surface area contributed by atoms with Crippen molar-refractivity contribution in [3.63, 3.8) is 0 Å². The molecule has 0 amide bonds. The summed E-state index contributed by atoms with van der Waals surface area (Å²) in [4.78, 5) is 0. The van der Waals surface area contributed by atoms with Gasteiger partial charge in [-0.1, -0.05) is 0 Å². The second kappa shape index (κ2) is 3.60. The molecule has 2 rings (SSSR count). The van der Waals surface area contributed by atoms with Crippen molar-refractivity contribution in [2.24, 2.45) is 0 Å². The van der Waals surface area contributed by atoms with Crippen molar-refractivity contribution < 1.29 is 18.4 Å². The van der Waals surface area contributed by atoms with E-state index in [1.807, 2.05) is 0 Å². The molecule has 0 bridgehead atoms. The zero-order valence-corrected chi connectivity index (χ0v) is 8.00. The normalized spacial score (nSPS) is 11.5. The van der Waals surface area contributed by atoms with Crippen LogP contribution < -0.4 is 0 Å². The SMILES string of the molecule is CN(O)Cc1cc2c(F)cc(F)cc2o1. The molecule has 5 heteroatoms. The summed E-state index contributed by atoms with van der Waals surface area (Å²) >= 11 is 0. The van der Waals surface area contributed by atoms with Gasteiger partial charge in [-0.3, -0.25) is 0 Å². The van der Waals surface area contributed by atoms with E-state index in [1.54, 1.807) is 0 Å². The van der Waals surface area contributed by atoms with E-state index >= 15 is 0 Å². The summed E-state index contributed by atoms with van der Waals surface area (Å²) in [7, 11) is 1.43. The van der Waals surface area contributed by atoms with Gasteiger partial charge in [-0.05, 0) is 6.07 Å². The molecule has 0 saturated heterocycles. The lowest BCUT2D eigenvalue weighted by Crippen LogP contribution is -2.10. The maximum atomic E-state index is 13.2. The molecule has 0 unspecified atom stereocenters. The van der Waals surface area contributed by atoms with E-state index in [4.69, 9.17) is 9.62 Å². The van der Waals surface area contributed by atoms with Crippen LogP contribution in [0, 0.1) is 11.6 Å². The average Bonchev–Trinajstić information content (AvgIpc) is 2.45. The molecule has 3 nitrogen and oxygen atoms in total. The number of halogens is 2. The summed E-state index contributed by atoms with van der Waals surface area (Å²) in [5.74, 6) is -0.974. The monoisotopic (exact) mass is 213 g/mol. The van der Waals surface area contributed by atoms with Crippen LogP contribution in [0.4, 0.5) is 8.78 Å². The van der Waals surface area contributed by atoms with Crippen molar-refractivity contribution in [3.05, 3.63) is 35.6 Å². The van der Waals surface area contributed by atoms with Crippen LogP contribution in [-0.4, -0.2) is 17.3 Å². The molecule has 1 aromatic heterocycles. The lowest BCUT2D eigenvalue weighted by Gasteiger charge is -2.03. The number of hydroxylamine groups is 2. The van der Waals surface area contributed by atoms with Crippen LogP contribution in [0.3, 0.4) is 0 Å². The molecule has 1 aromatic carbocycles. The Labute approximate surface area is 84.5 Å². The van der Waals surface area contributed by atoms with Crippen LogP contribution in [0.15, 0.2) is 22.6 Å². The fraction of sp³-hybridized carbons (Fsp3) is 0.200. The molecule has 80 valence electrons. The van der Waals surface area contributed by atoms with Crippen molar-refractivity contribution in [3.8, 4) is 0 Å². The Hall–Kier alpha value is -1.46. The predicted octanol–water partition coefficient (Wildman–Crippen LogP) is 2.53. The molecule has 0 atom stereocenters. The van der Waals surface area contributed by atoms with Crippen LogP contribution in [0.25, 0.3) is 11.0 Å². The van der Waals surface area contributed by atoms with Crippen molar-refractivity contribution in [1.82, 2.24) is 5.06 Å². The number of nitrogens with zero attached hydrogens (tertiary/aromatic N) is 1. The van der Waals surface area contributed by atoms with Crippen molar-refractivity contribution >= 4 is 11.0 Å². The molecule has 0 radical (unpaired) electrons. The summed E-state index contributed by atoms with van der Waals surface area (Å²) in [6.07, 6.45) is 0. The van der Waals surface area contributed by atoms with Crippen molar-refractivity contribution in [2.45, 2.75) is 6.54 Å². The van der Waals surface area contributed by atoms with Gasteiger partial charge in [0.15, 0.2) is 0 Å². The molecular weight excluding hydrogens is 204 g/mol. The maximum Gasteiger partial charge on any atom is 0.140 e. The first-order chi connectivity index (χ1) is 7.06. The van der Waals surface area contributed by atoms with Crippen molar-refractivity contribution in [1.29, 1.82) is 0 Å². The highest BCUT2D eigenvalue weighted by Gasteiger charge is 2.10. The first kappa shape index (κ1) is 10.1. The van der Waals surface area contributed by atoms with Gasteiger partial charge in [-0.15, -0.1) is 0 Å². The number of benzene rings is 1. The fourth-order valence-corrected chi connectivity index (χ4v) is 1.42. The number of hydrogen-bond donors (Lipinski definition) is 1. The summed E-state index contributed by atoms with van der Waals surface area (Å²) in [6.45, 7) is 0.121. The van der Waals surface area contributed by atoms with E-state index < -0.39 is 11.6 Å². The first-order valence-electron chi connectivity index (χ1n) is 4.34. The van der Waals surface area contributed by atoms with Crippen LogP contribution in [0.1, 0.15) is 5.76 Å². The molecular formula is C10H9F2NO2. The largest absolute Gasteiger partial charge is 0.459 e. The zero-order valence-electron chi connectivity index (χ0n) is 8.00. The fourth-order valence-electron chi connectivity index (χ4n) is 1.42. The van der Waals surface area contributed by atoms with Crippen LogP contribution >= 0.6 is 0 Å². The molecule has 0 aliphatic heterocycles. The Bertz CT molecular complexity index is 493. The van der Waals surface area contributed by atoms with E-state index in [-0.39, 0.29) is 17.5 Å². The van der Waals surface area contributed by atoms with Gasteiger partial charge in [0.1, 0.15) is 23.0 Å². The summed E-state index contributed by atoms with van der Waals surface area (Å²) in [5, 5.41) is 10.1. The molecule has 0 spiro atoms. The number of rotatable bonds is 2. The molecule has 0 aliphatic rings. The minimum absolute atomic E-state index is 0.121. The van der Waals surface area contributed by atoms with Crippen LogP contribution in [0.5, 0.6) is 0 Å². The second-order valence-corrected chi connectivity index (χ2v) is 3.33. The highest BCUT2D eigenvalue weighted by Crippen LogP contribution is 2.23. The summed E-state index contributed by atoms with van der Waals surface area (Å²) in [5.41, 5.74) is 0.143. The van der Waals surface area contributed by atoms with Gasteiger partial charge in [0, 0.05) is 19.2 Å². The smallest absolute Gasteiger partial charge is 0.140 e. The zero-order chi connectivity index (χ0) is 11.0. The van der Waals surface area contributed by atoms with Crippen LogP contribution in [-0.2, 0) is 6.54 Å². The topological polar surface area (TPSA) is 36.6 Å². The molecule has 1 heterocycles. The molecule has 2 aromatic rings. The third-order valence-corrected chi connectivity index (χ3v) is 1.99. The number of fused-ring (bicyclic) bond motifs is 1. The van der Waals surface area contributed by atoms with E-state index in [2.05, 4.69) is 0 Å². The second-order valence-electron chi connectivity index (χ2n) is 3.33. The number of furan rings is 1. The van der Waals surface area contributed by atoms with Gasteiger partial charge >= 0.3 is 0 Å². The lowest BCUT2D eigenvalue weighted by molar-refractivity contribution is -0.0771. The quantitative estimate of drug-likeness (QED) is 0.779. The Morgan fingerprint density at radius 3 is 2.73 bits per heavy atom. The summed E-state index contributed by atoms with van der Waals surface area (Å²) < 4.78 is 31.2. The summed E-state index contributed by atoms with van der Waals surface area (Å²) in [6, 6.07) is 3.35. The van der Waals surface area contributed by atoms with Crippen LogP contribution in [0.2, 0.25) is 0 Å². The molecule has 0 saturated carbocycles. The molecule has 1 N–H and O–H groups in total. The van der Waals surface area contributed by atoms with Gasteiger partial charge in [-0.25, -0.2) is 8.78 Å². The van der Waals surface area contributed by atoms with Gasteiger partial charge in [0.2, 0.25) is 0 Å². The van der Waals surface area contributed by atoms with Crippen molar-refractivity contribution in [2.75, 3.05) is 7.05 Å². The third kappa shape index (κ3) is 1.98. The van der Waals surface area contributed by atoms with E-state index in [0.29, 0.717) is 5.76 Å². The molecule has 15 heavy (non-hydrogen) atoms. The average molecular weight is 213 g/mol. The van der Waals surface area contributed by atoms with E-state index in [1.165, 1.54) is 13.1 Å². The third-order valence-electron chi connectivity index (χ3n) is 1.99. The molecule has 0 fully saturated rings. The predicted molar refractivity (Wildman–Crippen MR) is 49.4 cm³/mol. The Morgan fingerprint density at radius 2 is 2.07 bits per heavy atom. The van der Waals surface area contributed by atoms with E-state index in [9.17, 15) is 8.78 Å². The van der Waals surface area contributed by atoms with Gasteiger partial charge in [0.25, 0.3) is 0 Å². The Morgan fingerprint density at radius 1 is 1.33 bits per heavy atom. The number of hydrogen-bond acceptors (Lipinski definition) is 3. The maximum absolute atomic E-state index is 13.2. The highest BCUT2D eigenvalue weighted by molar-refractivity contribution is 5.78.